The minimum absolute atomic E-state index is 0.0893. The molecule has 0 spiro atoms. The van der Waals surface area contributed by atoms with Crippen LogP contribution in [0.5, 0.6) is 0 Å². The van der Waals surface area contributed by atoms with Gasteiger partial charge in [0.15, 0.2) is 6.23 Å². The van der Waals surface area contributed by atoms with Crippen molar-refractivity contribution in [2.24, 2.45) is 5.41 Å². The Morgan fingerprint density at radius 3 is 2.58 bits per heavy atom. The van der Waals surface area contributed by atoms with E-state index in [9.17, 15) is 4.79 Å². The summed E-state index contributed by atoms with van der Waals surface area (Å²) in [4.78, 5) is 30.0. The van der Waals surface area contributed by atoms with Crippen LogP contribution >= 0.6 is 0 Å². The lowest BCUT2D eigenvalue weighted by Crippen LogP contribution is -2.36. The average molecular weight is 532 g/mol. The number of hydrogen-bond donors (Lipinski definition) is 2. The molecule has 2 unspecified atom stereocenters. The normalized spacial score (nSPS) is 17.3. The molecule has 1 aliphatic rings. The van der Waals surface area contributed by atoms with Gasteiger partial charge < -0.3 is 9.72 Å². The van der Waals surface area contributed by atoms with Crippen LogP contribution in [0.2, 0.25) is 0 Å². The molecular weight excluding hydrogens is 498 g/mol. The minimum Gasteiger partial charge on any atom is -0.445 e. The van der Waals surface area contributed by atoms with E-state index in [1.165, 1.54) is 0 Å². The van der Waals surface area contributed by atoms with E-state index >= 15 is 0 Å². The molecule has 0 saturated carbocycles. The first-order valence-corrected chi connectivity index (χ1v) is 13.7. The number of nitrogens with zero attached hydrogens (tertiary/aromatic N) is 3. The van der Waals surface area contributed by atoms with Crippen LogP contribution in [0.3, 0.4) is 0 Å². The number of ether oxygens (including phenoxy) is 1. The smallest absolute Gasteiger partial charge is 0.312 e. The van der Waals surface area contributed by atoms with Crippen LogP contribution in [0.1, 0.15) is 44.4 Å². The van der Waals surface area contributed by atoms with Gasteiger partial charge >= 0.3 is 5.97 Å². The third-order valence-corrected chi connectivity index (χ3v) is 7.39. The molecule has 7 nitrogen and oxygen atoms in total. The summed E-state index contributed by atoms with van der Waals surface area (Å²) in [5.41, 5.74) is 8.14. The second-order valence-electron chi connectivity index (χ2n) is 11.5. The van der Waals surface area contributed by atoms with Gasteiger partial charge in [0.2, 0.25) is 0 Å². The fourth-order valence-electron chi connectivity index (χ4n) is 5.22. The molecule has 1 saturated heterocycles. The quantitative estimate of drug-likeness (QED) is 0.247. The molecule has 0 amide bonds. The number of carbonyl (C=O) groups is 1. The molecule has 0 radical (unpaired) electrons. The van der Waals surface area contributed by atoms with Crippen LogP contribution in [0.15, 0.2) is 79.3 Å². The Labute approximate surface area is 234 Å². The molecule has 2 N–H and O–H groups in total. The largest absolute Gasteiger partial charge is 0.445 e. The molecular formula is C33H33N5O2. The number of rotatable bonds is 5. The number of benzene rings is 1. The predicted molar refractivity (Wildman–Crippen MR) is 157 cm³/mol. The summed E-state index contributed by atoms with van der Waals surface area (Å²) in [6.45, 7) is 8.43. The zero-order valence-electron chi connectivity index (χ0n) is 23.2. The van der Waals surface area contributed by atoms with Crippen molar-refractivity contribution in [2.45, 2.75) is 46.3 Å². The average Bonchev–Trinajstić information content (AvgIpc) is 3.62. The first kappa shape index (κ1) is 25.9. The van der Waals surface area contributed by atoms with Crippen molar-refractivity contribution in [3.8, 4) is 33.6 Å². The number of aromatic nitrogens is 4. The molecule has 5 aromatic rings. The van der Waals surface area contributed by atoms with Crippen LogP contribution in [-0.2, 0) is 9.53 Å². The highest BCUT2D eigenvalue weighted by Crippen LogP contribution is 2.35. The summed E-state index contributed by atoms with van der Waals surface area (Å²) in [6, 6.07) is 20.8. The lowest BCUT2D eigenvalue weighted by atomic mass is 9.92. The van der Waals surface area contributed by atoms with Gasteiger partial charge in [-0.1, -0.05) is 30.3 Å². The number of hydrogen-bond acceptors (Lipinski definition) is 6. The van der Waals surface area contributed by atoms with Crippen LogP contribution in [0.25, 0.3) is 44.7 Å². The maximum absolute atomic E-state index is 12.6. The SMILES string of the molecule is Cc1cccc(-c2cc(-c3cncc(-c4cccc(C5CCNC5OC(=O)C(C)(C)C)c4)c3)c3cc[nH]c3n2)n1. The molecule has 7 heteroatoms. The Kier molecular flexibility index (Phi) is 6.68. The third kappa shape index (κ3) is 5.12. The van der Waals surface area contributed by atoms with Crippen LogP contribution in [-0.4, -0.2) is 38.7 Å². The molecule has 1 aromatic carbocycles. The third-order valence-electron chi connectivity index (χ3n) is 7.39. The van der Waals surface area contributed by atoms with Crippen molar-refractivity contribution in [3.63, 3.8) is 0 Å². The molecule has 0 aliphatic carbocycles. The van der Waals surface area contributed by atoms with E-state index in [1.54, 1.807) is 0 Å². The fraction of sp³-hybridized carbons (Fsp3) is 0.273. The van der Waals surface area contributed by atoms with Crippen molar-refractivity contribution < 1.29 is 9.53 Å². The Morgan fingerprint density at radius 1 is 0.925 bits per heavy atom. The van der Waals surface area contributed by atoms with E-state index in [0.717, 1.165) is 68.9 Å². The summed E-state index contributed by atoms with van der Waals surface area (Å²) in [7, 11) is 0. The van der Waals surface area contributed by atoms with E-state index in [2.05, 4.69) is 51.7 Å². The van der Waals surface area contributed by atoms with Crippen molar-refractivity contribution in [3.05, 3.63) is 90.5 Å². The zero-order valence-corrected chi connectivity index (χ0v) is 23.2. The molecule has 40 heavy (non-hydrogen) atoms. The number of fused-ring (bicyclic) bond motifs is 1. The van der Waals surface area contributed by atoms with Gasteiger partial charge in [0.25, 0.3) is 0 Å². The van der Waals surface area contributed by atoms with Gasteiger partial charge in [0.05, 0.1) is 16.8 Å². The Morgan fingerprint density at radius 2 is 1.75 bits per heavy atom. The highest BCUT2D eigenvalue weighted by atomic mass is 16.6. The van der Waals surface area contributed by atoms with Gasteiger partial charge in [0.1, 0.15) is 5.65 Å². The number of aromatic amines is 1. The van der Waals surface area contributed by atoms with Gasteiger partial charge in [-0.05, 0) is 87.7 Å². The van der Waals surface area contributed by atoms with Crippen LogP contribution in [0.4, 0.5) is 0 Å². The number of esters is 1. The Bertz CT molecular complexity index is 1700. The van der Waals surface area contributed by atoms with E-state index in [4.69, 9.17) is 14.7 Å². The van der Waals surface area contributed by atoms with Crippen molar-refractivity contribution >= 4 is 17.0 Å². The fourth-order valence-corrected chi connectivity index (χ4v) is 5.22. The zero-order chi connectivity index (χ0) is 27.9. The summed E-state index contributed by atoms with van der Waals surface area (Å²) in [5, 5.41) is 4.40. The van der Waals surface area contributed by atoms with Crippen molar-refractivity contribution in [2.75, 3.05) is 6.54 Å². The first-order chi connectivity index (χ1) is 19.3. The predicted octanol–water partition coefficient (Wildman–Crippen LogP) is 6.65. The molecule has 202 valence electrons. The summed E-state index contributed by atoms with van der Waals surface area (Å²) in [5.74, 6) is -0.106. The summed E-state index contributed by atoms with van der Waals surface area (Å²) >= 11 is 0. The Hall–Kier alpha value is -4.36. The number of nitrogens with one attached hydrogen (secondary N) is 2. The molecule has 0 bridgehead atoms. The van der Waals surface area contributed by atoms with Crippen LogP contribution in [0, 0.1) is 12.3 Å². The topological polar surface area (TPSA) is 92.8 Å². The molecule has 1 aliphatic heterocycles. The lowest BCUT2D eigenvalue weighted by molar-refractivity contribution is -0.160. The van der Waals surface area contributed by atoms with E-state index in [1.807, 2.05) is 70.6 Å². The van der Waals surface area contributed by atoms with Crippen LogP contribution < -0.4 is 5.32 Å². The maximum Gasteiger partial charge on any atom is 0.312 e. The standard InChI is InChI=1S/C33H33N5O2/c1-20-7-5-10-28(37-20)29-17-27(26-12-13-35-30(26)38-29)24-16-23(18-34-19-24)21-8-6-9-22(15-21)25-11-14-36-31(25)40-32(39)33(2,3)4/h5-10,12-13,15-19,25,31,36H,11,14H2,1-4H3,(H,35,38). The number of carbonyl (C=O) groups excluding carboxylic acids is 1. The second-order valence-corrected chi connectivity index (χ2v) is 11.5. The summed E-state index contributed by atoms with van der Waals surface area (Å²) in [6.07, 6.45) is 6.27. The minimum atomic E-state index is -0.546. The lowest BCUT2D eigenvalue weighted by Gasteiger charge is -2.25. The molecule has 6 rings (SSSR count). The monoisotopic (exact) mass is 531 g/mol. The maximum atomic E-state index is 12.6. The second kappa shape index (κ2) is 10.3. The first-order valence-electron chi connectivity index (χ1n) is 13.7. The molecule has 5 heterocycles. The van der Waals surface area contributed by atoms with Crippen molar-refractivity contribution in [1.82, 2.24) is 25.3 Å². The number of aryl methyl sites for hydroxylation is 1. The van der Waals surface area contributed by atoms with Gasteiger partial charge in [-0.3, -0.25) is 20.1 Å². The molecule has 4 aromatic heterocycles. The number of H-pyrrole nitrogens is 1. The van der Waals surface area contributed by atoms with Gasteiger partial charge in [0, 0.05) is 46.7 Å². The highest BCUT2D eigenvalue weighted by Gasteiger charge is 2.34. The number of pyridine rings is 3. The van der Waals surface area contributed by atoms with Gasteiger partial charge in [-0.2, -0.15) is 0 Å². The molecule has 2 atom stereocenters. The van der Waals surface area contributed by atoms with E-state index < -0.39 is 5.41 Å². The highest BCUT2D eigenvalue weighted by molar-refractivity contribution is 5.95. The van der Waals surface area contributed by atoms with Gasteiger partial charge in [-0.15, -0.1) is 0 Å². The van der Waals surface area contributed by atoms with Crippen molar-refractivity contribution in [1.29, 1.82) is 0 Å². The molecule has 1 fully saturated rings. The summed E-state index contributed by atoms with van der Waals surface area (Å²) < 4.78 is 5.88. The Balaban J connectivity index is 1.35. The van der Waals surface area contributed by atoms with E-state index in [0.29, 0.717) is 0 Å². The van der Waals surface area contributed by atoms with Gasteiger partial charge in [-0.25, -0.2) is 4.98 Å². The van der Waals surface area contributed by atoms with E-state index in [-0.39, 0.29) is 18.1 Å².